The summed E-state index contributed by atoms with van der Waals surface area (Å²) >= 11 is 0. The number of unbranched alkanes of at least 4 members (excludes halogenated alkanes) is 2. The van der Waals surface area contributed by atoms with Crippen molar-refractivity contribution in [2.45, 2.75) is 46.5 Å². The molecule has 0 bridgehead atoms. The highest BCUT2D eigenvalue weighted by Crippen LogP contribution is 2.04. The van der Waals surface area contributed by atoms with Gasteiger partial charge in [0.1, 0.15) is 6.26 Å². The predicted molar refractivity (Wildman–Crippen MR) is 67.9 cm³/mol. The first-order chi connectivity index (χ1) is 7.70. The predicted octanol–water partition coefficient (Wildman–Crippen LogP) is 4.15. The Morgan fingerprint density at radius 2 is 1.88 bits per heavy atom. The molecule has 16 heavy (non-hydrogen) atoms. The number of rotatable bonds is 7. The molecular weight excluding hydrogens is 200 g/mol. The Balaban J connectivity index is 4.30. The Hall–Kier alpha value is -1.31. The van der Waals surface area contributed by atoms with Crippen molar-refractivity contribution in [3.8, 4) is 0 Å². The van der Waals surface area contributed by atoms with Crippen LogP contribution in [-0.2, 0) is 9.53 Å². The van der Waals surface area contributed by atoms with Crippen LogP contribution in [-0.4, -0.2) is 5.97 Å². The van der Waals surface area contributed by atoms with Crippen molar-refractivity contribution in [3.05, 3.63) is 36.1 Å². The Labute approximate surface area is 98.7 Å². The van der Waals surface area contributed by atoms with Crippen molar-refractivity contribution in [1.82, 2.24) is 0 Å². The first-order valence-corrected chi connectivity index (χ1v) is 5.91. The van der Waals surface area contributed by atoms with Gasteiger partial charge in [-0.05, 0) is 12.8 Å². The molecule has 0 atom stereocenters. The van der Waals surface area contributed by atoms with Gasteiger partial charge >= 0.3 is 5.97 Å². The van der Waals surface area contributed by atoms with E-state index in [4.69, 9.17) is 4.74 Å². The summed E-state index contributed by atoms with van der Waals surface area (Å²) in [6, 6.07) is 0. The van der Waals surface area contributed by atoms with Gasteiger partial charge in [0.25, 0.3) is 0 Å². The van der Waals surface area contributed by atoms with Crippen LogP contribution < -0.4 is 0 Å². The molecule has 0 N–H and O–H groups in total. The number of esters is 1. The van der Waals surface area contributed by atoms with E-state index in [0.717, 1.165) is 18.4 Å². The van der Waals surface area contributed by atoms with Gasteiger partial charge in [0, 0.05) is 12.5 Å². The number of hydrogen-bond acceptors (Lipinski definition) is 2. The molecule has 0 saturated heterocycles. The SMILES string of the molecule is CCC=CC(C=CCCCC)=COC(C)=O. The summed E-state index contributed by atoms with van der Waals surface area (Å²) < 4.78 is 4.85. The van der Waals surface area contributed by atoms with Crippen LogP contribution >= 0.6 is 0 Å². The minimum Gasteiger partial charge on any atom is -0.434 e. The molecule has 0 rings (SSSR count). The van der Waals surface area contributed by atoms with E-state index < -0.39 is 0 Å². The molecule has 0 saturated carbocycles. The fourth-order valence-corrected chi connectivity index (χ4v) is 1.08. The van der Waals surface area contributed by atoms with Crippen LogP contribution in [0.4, 0.5) is 0 Å². The number of carbonyl (C=O) groups excluding carboxylic acids is 1. The van der Waals surface area contributed by atoms with Crippen LogP contribution in [0.5, 0.6) is 0 Å². The maximum Gasteiger partial charge on any atom is 0.307 e. The number of allylic oxidation sites excluding steroid dienone is 5. The van der Waals surface area contributed by atoms with E-state index in [1.165, 1.54) is 26.0 Å². The highest BCUT2D eigenvalue weighted by Gasteiger charge is 1.90. The van der Waals surface area contributed by atoms with Crippen molar-refractivity contribution < 1.29 is 9.53 Å². The summed E-state index contributed by atoms with van der Waals surface area (Å²) in [5, 5.41) is 0. The Morgan fingerprint density at radius 1 is 1.19 bits per heavy atom. The number of ether oxygens (including phenoxy) is 1. The van der Waals surface area contributed by atoms with Crippen LogP contribution in [0.2, 0.25) is 0 Å². The maximum atomic E-state index is 10.7. The first-order valence-electron chi connectivity index (χ1n) is 5.91. The van der Waals surface area contributed by atoms with Crippen molar-refractivity contribution in [2.75, 3.05) is 0 Å². The van der Waals surface area contributed by atoms with Crippen molar-refractivity contribution in [2.24, 2.45) is 0 Å². The van der Waals surface area contributed by atoms with Crippen molar-refractivity contribution in [1.29, 1.82) is 0 Å². The number of carbonyl (C=O) groups is 1. The molecule has 0 spiro atoms. The normalized spacial score (nSPS) is 12.6. The van der Waals surface area contributed by atoms with Gasteiger partial charge in [0.2, 0.25) is 0 Å². The van der Waals surface area contributed by atoms with Crippen LogP contribution in [0, 0.1) is 0 Å². The van der Waals surface area contributed by atoms with Gasteiger partial charge in [0.05, 0.1) is 0 Å². The van der Waals surface area contributed by atoms with Crippen LogP contribution in [0.25, 0.3) is 0 Å². The fraction of sp³-hybridized carbons (Fsp3) is 0.500. The largest absolute Gasteiger partial charge is 0.434 e. The Kier molecular flexibility index (Phi) is 9.38. The molecule has 0 aromatic heterocycles. The van der Waals surface area contributed by atoms with E-state index in [1.54, 1.807) is 0 Å². The molecule has 0 heterocycles. The van der Waals surface area contributed by atoms with Crippen LogP contribution in [0.1, 0.15) is 46.5 Å². The quantitative estimate of drug-likeness (QED) is 0.280. The third kappa shape index (κ3) is 9.25. The molecule has 0 aliphatic carbocycles. The maximum absolute atomic E-state index is 10.7. The van der Waals surface area contributed by atoms with E-state index in [0.29, 0.717) is 0 Å². The van der Waals surface area contributed by atoms with E-state index in [-0.39, 0.29) is 5.97 Å². The van der Waals surface area contributed by atoms with Gasteiger partial charge in [-0.1, -0.05) is 51.0 Å². The highest BCUT2D eigenvalue weighted by atomic mass is 16.5. The summed E-state index contributed by atoms with van der Waals surface area (Å²) in [6.45, 7) is 5.64. The van der Waals surface area contributed by atoms with Gasteiger partial charge in [-0.2, -0.15) is 0 Å². The summed E-state index contributed by atoms with van der Waals surface area (Å²) in [5.41, 5.74) is 0.924. The van der Waals surface area contributed by atoms with Gasteiger partial charge in [0.15, 0.2) is 0 Å². The lowest BCUT2D eigenvalue weighted by Crippen LogP contribution is -1.91. The van der Waals surface area contributed by atoms with Gasteiger partial charge < -0.3 is 4.74 Å². The Morgan fingerprint density at radius 3 is 2.44 bits per heavy atom. The summed E-state index contributed by atoms with van der Waals surface area (Å²) in [5.74, 6) is -0.288. The van der Waals surface area contributed by atoms with Crippen LogP contribution in [0.3, 0.4) is 0 Å². The standard InChI is InChI=1S/C14H22O2/c1-4-6-8-9-11-14(10-7-5-2)12-16-13(3)15/h7,9-12H,4-6,8H2,1-3H3. The lowest BCUT2D eigenvalue weighted by molar-refractivity contribution is -0.135. The molecular formula is C14H22O2. The zero-order valence-corrected chi connectivity index (χ0v) is 10.5. The minimum atomic E-state index is -0.288. The second-order valence-electron chi connectivity index (χ2n) is 3.58. The molecule has 2 nitrogen and oxygen atoms in total. The summed E-state index contributed by atoms with van der Waals surface area (Å²) in [6.07, 6.45) is 14.0. The third-order valence-electron chi connectivity index (χ3n) is 1.94. The second kappa shape index (κ2) is 10.2. The number of hydrogen-bond donors (Lipinski definition) is 0. The molecule has 0 radical (unpaired) electrons. The Bertz CT molecular complexity index is 272. The molecule has 0 aliphatic rings. The smallest absolute Gasteiger partial charge is 0.307 e. The van der Waals surface area contributed by atoms with Crippen molar-refractivity contribution >= 4 is 5.97 Å². The highest BCUT2D eigenvalue weighted by molar-refractivity contribution is 5.66. The molecule has 0 aromatic carbocycles. The van der Waals surface area contributed by atoms with E-state index in [2.05, 4.69) is 19.9 Å². The first kappa shape index (κ1) is 14.7. The lowest BCUT2D eigenvalue weighted by atomic mass is 10.2. The average Bonchev–Trinajstić information content (AvgIpc) is 2.26. The molecule has 0 fully saturated rings. The molecule has 2 heteroatoms. The topological polar surface area (TPSA) is 26.3 Å². The zero-order chi connectivity index (χ0) is 12.2. The molecule has 0 unspecified atom stereocenters. The van der Waals surface area contributed by atoms with Gasteiger partial charge in [-0.15, -0.1) is 0 Å². The van der Waals surface area contributed by atoms with Gasteiger partial charge in [-0.25, -0.2) is 0 Å². The summed E-state index contributed by atoms with van der Waals surface area (Å²) in [7, 11) is 0. The third-order valence-corrected chi connectivity index (χ3v) is 1.94. The molecule has 0 amide bonds. The molecule has 0 aromatic rings. The van der Waals surface area contributed by atoms with E-state index in [9.17, 15) is 4.79 Å². The minimum absolute atomic E-state index is 0.288. The fourth-order valence-electron chi connectivity index (χ4n) is 1.08. The van der Waals surface area contributed by atoms with Crippen molar-refractivity contribution in [3.63, 3.8) is 0 Å². The molecule has 90 valence electrons. The zero-order valence-electron chi connectivity index (χ0n) is 10.5. The van der Waals surface area contributed by atoms with Gasteiger partial charge in [-0.3, -0.25) is 4.79 Å². The molecule has 0 aliphatic heterocycles. The van der Waals surface area contributed by atoms with E-state index >= 15 is 0 Å². The van der Waals surface area contributed by atoms with Crippen LogP contribution in [0.15, 0.2) is 36.1 Å². The lowest BCUT2D eigenvalue weighted by Gasteiger charge is -1.96. The second-order valence-corrected chi connectivity index (χ2v) is 3.58. The van der Waals surface area contributed by atoms with E-state index in [1.807, 2.05) is 18.2 Å². The monoisotopic (exact) mass is 222 g/mol. The summed E-state index contributed by atoms with van der Waals surface area (Å²) in [4.78, 5) is 10.7. The average molecular weight is 222 g/mol.